The average molecular weight is 736 g/mol. The van der Waals surface area contributed by atoms with Crippen LogP contribution in [0.4, 0.5) is 34.1 Å². The molecule has 55 heavy (non-hydrogen) atoms. The summed E-state index contributed by atoms with van der Waals surface area (Å²) in [5.74, 6) is 0.226. The molecule has 0 saturated carbocycles. The minimum atomic E-state index is -0.0878. The van der Waals surface area contributed by atoms with Gasteiger partial charge in [0.05, 0.1) is 17.4 Å². The summed E-state index contributed by atoms with van der Waals surface area (Å²) in [7, 11) is 0. The number of carbonyl (C=O) groups is 1. The Hall–Kier alpha value is -6.50. The lowest BCUT2D eigenvalue weighted by Gasteiger charge is -2.33. The standard InChI is InChI=1S/C49H41N3O2S/c1-3-11-38(30-31-53)50-44-28-22-37(35-18-23-40(24-19-35)51(39-12-5-4-6-13-39)45-29-27-42(54)32-34(45)2)33-43(44)36-20-25-41(26-21-36)52-46-14-7-9-16-48(46)55-49-17-10-8-15-47(49)52/h3-33,43-44,50,54H,1-2H3/b11-3-,38-30+. The molecule has 6 heteroatoms. The zero-order valence-electron chi connectivity index (χ0n) is 30.7. The molecule has 5 nitrogen and oxygen atoms in total. The van der Waals surface area contributed by atoms with Gasteiger partial charge in [0.2, 0.25) is 0 Å². The van der Waals surface area contributed by atoms with Gasteiger partial charge >= 0.3 is 0 Å². The number of hydrogen-bond acceptors (Lipinski definition) is 6. The summed E-state index contributed by atoms with van der Waals surface area (Å²) in [6.45, 7) is 3.97. The number of anilines is 6. The Bertz CT molecular complexity index is 2400. The predicted octanol–water partition coefficient (Wildman–Crippen LogP) is 12.5. The van der Waals surface area contributed by atoms with Crippen LogP contribution >= 0.6 is 11.8 Å². The van der Waals surface area contributed by atoms with Crippen LogP contribution in [-0.4, -0.2) is 17.4 Å². The van der Waals surface area contributed by atoms with Crippen LogP contribution in [0, 0.1) is 6.92 Å². The summed E-state index contributed by atoms with van der Waals surface area (Å²) in [5, 5.41) is 13.8. The molecular weight excluding hydrogens is 695 g/mol. The fourth-order valence-electron chi connectivity index (χ4n) is 7.44. The Labute approximate surface area is 327 Å². The van der Waals surface area contributed by atoms with E-state index in [9.17, 15) is 9.90 Å². The van der Waals surface area contributed by atoms with Gasteiger partial charge in [0.1, 0.15) is 12.0 Å². The van der Waals surface area contributed by atoms with Crippen LogP contribution in [0.5, 0.6) is 5.75 Å². The highest BCUT2D eigenvalue weighted by Crippen LogP contribution is 2.51. The first-order chi connectivity index (χ1) is 27.0. The van der Waals surface area contributed by atoms with Gasteiger partial charge in [-0.15, -0.1) is 0 Å². The number of phenols is 1. The van der Waals surface area contributed by atoms with Gasteiger partial charge in [0, 0.05) is 50.2 Å². The van der Waals surface area contributed by atoms with E-state index in [1.54, 1.807) is 18.2 Å². The number of aldehydes is 1. The Morgan fingerprint density at radius 1 is 0.782 bits per heavy atom. The largest absolute Gasteiger partial charge is 0.508 e. The third kappa shape index (κ3) is 7.37. The SMILES string of the molecule is C/C=C\C(=C/C=O)NC1C=CC(c2ccc(N(c3ccccc3)c3ccc(O)cc3C)cc2)=CC1c1ccc(N2c3ccccc3Sc3ccccc32)cc1. The maximum atomic E-state index is 11.6. The van der Waals surface area contributed by atoms with Crippen molar-refractivity contribution in [1.29, 1.82) is 0 Å². The number of phenolic OH excluding ortho intramolecular Hbond substituents is 1. The van der Waals surface area contributed by atoms with E-state index in [4.69, 9.17) is 0 Å². The second kappa shape index (κ2) is 15.8. The number of fused-ring (bicyclic) bond motifs is 2. The number of nitrogens with zero attached hydrogens (tertiary/aromatic N) is 2. The summed E-state index contributed by atoms with van der Waals surface area (Å²) in [4.78, 5) is 18.6. The molecule has 0 spiro atoms. The highest BCUT2D eigenvalue weighted by molar-refractivity contribution is 7.99. The molecule has 2 N–H and O–H groups in total. The summed E-state index contributed by atoms with van der Waals surface area (Å²) >= 11 is 1.81. The van der Waals surface area contributed by atoms with Crippen molar-refractivity contribution in [2.75, 3.05) is 9.80 Å². The van der Waals surface area contributed by atoms with Gasteiger partial charge in [-0.05, 0) is 121 Å². The molecule has 0 aromatic heterocycles. The van der Waals surface area contributed by atoms with E-state index >= 15 is 0 Å². The summed E-state index contributed by atoms with van der Waals surface area (Å²) < 4.78 is 0. The topological polar surface area (TPSA) is 55.8 Å². The molecule has 270 valence electrons. The van der Waals surface area contributed by atoms with Crippen molar-refractivity contribution in [3.05, 3.63) is 204 Å². The van der Waals surface area contributed by atoms with Crippen molar-refractivity contribution in [3.8, 4) is 5.75 Å². The summed E-state index contributed by atoms with van der Waals surface area (Å²) in [6.07, 6.45) is 13.0. The smallest absolute Gasteiger partial charge is 0.144 e. The van der Waals surface area contributed by atoms with Crippen LogP contribution in [-0.2, 0) is 4.79 Å². The maximum absolute atomic E-state index is 11.6. The summed E-state index contributed by atoms with van der Waals surface area (Å²) in [6, 6.07) is 50.4. The van der Waals surface area contributed by atoms with Crippen molar-refractivity contribution in [2.45, 2.75) is 35.6 Å². The molecule has 0 bridgehead atoms. The van der Waals surface area contributed by atoms with Crippen LogP contribution < -0.4 is 15.1 Å². The molecule has 0 saturated heterocycles. The number of carbonyl (C=O) groups excluding carboxylic acids is 1. The number of rotatable bonds is 10. The van der Waals surface area contributed by atoms with Crippen molar-refractivity contribution >= 4 is 57.7 Å². The Kier molecular flexibility index (Phi) is 10.2. The lowest BCUT2D eigenvalue weighted by atomic mass is 9.83. The monoisotopic (exact) mass is 735 g/mol. The van der Waals surface area contributed by atoms with Gasteiger partial charge in [-0.3, -0.25) is 4.79 Å². The highest BCUT2D eigenvalue weighted by atomic mass is 32.2. The molecule has 1 aliphatic carbocycles. The number of aryl methyl sites for hydroxylation is 1. The van der Waals surface area contributed by atoms with E-state index in [-0.39, 0.29) is 17.7 Å². The molecule has 0 fully saturated rings. The molecule has 0 amide bonds. The fourth-order valence-corrected chi connectivity index (χ4v) is 8.49. The Balaban J connectivity index is 1.15. The molecule has 2 atom stereocenters. The molecule has 6 aromatic rings. The van der Waals surface area contributed by atoms with Crippen LogP contribution in [0.25, 0.3) is 5.57 Å². The van der Waals surface area contributed by atoms with Crippen LogP contribution in [0.1, 0.15) is 29.5 Å². The fraction of sp³-hybridized carbons (Fsp3) is 0.0816. The van der Waals surface area contributed by atoms with Gasteiger partial charge in [-0.25, -0.2) is 0 Å². The number of para-hydroxylation sites is 3. The first kappa shape index (κ1) is 35.5. The minimum Gasteiger partial charge on any atom is -0.508 e. The molecule has 0 radical (unpaired) electrons. The molecular formula is C49H41N3O2S. The third-order valence-electron chi connectivity index (χ3n) is 10.0. The third-order valence-corrected chi connectivity index (χ3v) is 11.1. The zero-order valence-corrected chi connectivity index (χ0v) is 31.5. The van der Waals surface area contributed by atoms with E-state index in [1.165, 1.54) is 21.2 Å². The molecule has 1 aliphatic heterocycles. The highest BCUT2D eigenvalue weighted by Gasteiger charge is 2.27. The maximum Gasteiger partial charge on any atom is 0.144 e. The number of nitrogens with one attached hydrogen (secondary N) is 1. The number of allylic oxidation sites excluding steroid dienone is 5. The molecule has 2 unspecified atom stereocenters. The van der Waals surface area contributed by atoms with Gasteiger partial charge < -0.3 is 20.2 Å². The Morgan fingerprint density at radius 3 is 2.09 bits per heavy atom. The molecule has 6 aromatic carbocycles. The predicted molar refractivity (Wildman–Crippen MR) is 229 cm³/mol. The average Bonchev–Trinajstić information content (AvgIpc) is 3.22. The minimum absolute atomic E-state index is 0.0222. The molecule has 8 rings (SSSR count). The normalized spacial score (nSPS) is 16.3. The molecule has 2 aliphatic rings. The Morgan fingerprint density at radius 2 is 1.44 bits per heavy atom. The van der Waals surface area contributed by atoms with E-state index in [0.717, 1.165) is 57.0 Å². The second-order valence-corrected chi connectivity index (χ2v) is 14.7. The van der Waals surface area contributed by atoms with E-state index in [0.29, 0.717) is 0 Å². The van der Waals surface area contributed by atoms with Crippen LogP contribution in [0.15, 0.2) is 198 Å². The summed E-state index contributed by atoms with van der Waals surface area (Å²) in [5.41, 5.74) is 11.6. The van der Waals surface area contributed by atoms with Crippen molar-refractivity contribution in [3.63, 3.8) is 0 Å². The lowest BCUT2D eigenvalue weighted by molar-refractivity contribution is -0.104. The first-order valence-electron chi connectivity index (χ1n) is 18.5. The van der Waals surface area contributed by atoms with Crippen LogP contribution in [0.2, 0.25) is 0 Å². The van der Waals surface area contributed by atoms with Crippen molar-refractivity contribution in [1.82, 2.24) is 5.32 Å². The van der Waals surface area contributed by atoms with E-state index < -0.39 is 0 Å². The van der Waals surface area contributed by atoms with Gasteiger partial charge in [0.15, 0.2) is 0 Å². The van der Waals surface area contributed by atoms with Gasteiger partial charge in [-0.2, -0.15) is 0 Å². The zero-order chi connectivity index (χ0) is 37.7. The number of aromatic hydroxyl groups is 1. The number of benzene rings is 6. The van der Waals surface area contributed by atoms with Gasteiger partial charge in [0.25, 0.3) is 0 Å². The number of hydrogen-bond donors (Lipinski definition) is 2. The van der Waals surface area contributed by atoms with E-state index in [1.807, 2.05) is 62.0 Å². The van der Waals surface area contributed by atoms with Crippen molar-refractivity contribution < 1.29 is 9.90 Å². The van der Waals surface area contributed by atoms with E-state index in [2.05, 4.69) is 143 Å². The van der Waals surface area contributed by atoms with Crippen molar-refractivity contribution in [2.24, 2.45) is 0 Å². The molecule has 1 heterocycles. The first-order valence-corrected chi connectivity index (χ1v) is 19.3. The second-order valence-electron chi connectivity index (χ2n) is 13.6. The van der Waals surface area contributed by atoms with Crippen LogP contribution in [0.3, 0.4) is 0 Å². The quantitative estimate of drug-likeness (QED) is 0.0829. The van der Waals surface area contributed by atoms with Gasteiger partial charge in [-0.1, -0.05) is 103 Å². The lowest BCUT2D eigenvalue weighted by Crippen LogP contribution is -2.33.